The van der Waals surface area contributed by atoms with Crippen molar-refractivity contribution in [2.45, 2.75) is 25.3 Å². The molecule has 0 saturated carbocycles. The number of rotatable bonds is 5. The second kappa shape index (κ2) is 7.87. The van der Waals surface area contributed by atoms with Gasteiger partial charge in [0.1, 0.15) is 0 Å². The van der Waals surface area contributed by atoms with E-state index in [1.54, 1.807) is 12.1 Å². The molecule has 0 aliphatic carbocycles. The number of benzene rings is 2. The normalized spacial score (nSPS) is 17.9. The van der Waals surface area contributed by atoms with Gasteiger partial charge in [0, 0.05) is 37.1 Å². The summed E-state index contributed by atoms with van der Waals surface area (Å²) < 4.78 is 25.0. The van der Waals surface area contributed by atoms with Crippen molar-refractivity contribution in [1.82, 2.24) is 4.90 Å². The summed E-state index contributed by atoms with van der Waals surface area (Å²) in [6.07, 6.45) is 8.93. The fraction of sp³-hybridized carbons (Fsp3) is 0.364. The molecule has 1 N–H and O–H groups in total. The van der Waals surface area contributed by atoms with E-state index in [1.807, 2.05) is 12.1 Å². The zero-order chi connectivity index (χ0) is 19.6. The Morgan fingerprint density at radius 3 is 2.43 bits per heavy atom. The van der Waals surface area contributed by atoms with Crippen molar-refractivity contribution < 1.29 is 8.42 Å². The molecule has 148 valence electrons. The summed E-state index contributed by atoms with van der Waals surface area (Å²) in [5.41, 5.74) is 4.57. The summed E-state index contributed by atoms with van der Waals surface area (Å²) in [4.78, 5) is 4.98. The minimum Gasteiger partial charge on any atom is -0.377 e. The fourth-order valence-electron chi connectivity index (χ4n) is 4.16. The maximum Gasteiger partial charge on any atom is 0.229 e. The number of anilines is 2. The molecule has 2 aromatic carbocycles. The lowest BCUT2D eigenvalue weighted by Gasteiger charge is -2.37. The Kier molecular flexibility index (Phi) is 5.31. The molecule has 2 aliphatic heterocycles. The monoisotopic (exact) mass is 397 g/mol. The van der Waals surface area contributed by atoms with Crippen LogP contribution >= 0.6 is 0 Å². The number of nitrogens with one attached hydrogen (secondary N) is 1. The Morgan fingerprint density at radius 2 is 1.71 bits per heavy atom. The summed E-state index contributed by atoms with van der Waals surface area (Å²) in [5.74, 6) is 0. The highest BCUT2D eigenvalue weighted by Crippen LogP contribution is 2.32. The number of nitrogens with zero attached hydrogens (tertiary/aromatic N) is 2. The van der Waals surface area contributed by atoms with Gasteiger partial charge in [0.25, 0.3) is 0 Å². The van der Waals surface area contributed by atoms with Crippen LogP contribution in [-0.2, 0) is 16.4 Å². The van der Waals surface area contributed by atoms with E-state index in [-0.39, 0.29) is 0 Å². The number of sulfonamides is 1. The van der Waals surface area contributed by atoms with E-state index in [9.17, 15) is 8.42 Å². The first-order valence-corrected chi connectivity index (χ1v) is 11.7. The van der Waals surface area contributed by atoms with E-state index in [0.29, 0.717) is 11.7 Å². The van der Waals surface area contributed by atoms with Crippen LogP contribution in [0.4, 0.5) is 11.4 Å². The number of para-hydroxylation sites is 1. The predicted octanol–water partition coefficient (Wildman–Crippen LogP) is 3.56. The SMILES string of the molecule is CS(=O)(=O)Nc1ccc(C=CN2CCC(N3CCc4ccccc43)CC2)cc1. The first-order valence-electron chi connectivity index (χ1n) is 9.83. The molecule has 2 heterocycles. The Balaban J connectivity index is 1.31. The summed E-state index contributed by atoms with van der Waals surface area (Å²) >= 11 is 0. The average molecular weight is 398 g/mol. The van der Waals surface area contributed by atoms with Crippen LogP contribution in [0, 0.1) is 0 Å². The van der Waals surface area contributed by atoms with E-state index >= 15 is 0 Å². The molecule has 1 fully saturated rings. The third-order valence-corrected chi connectivity index (χ3v) is 6.16. The van der Waals surface area contributed by atoms with Gasteiger partial charge in [-0.1, -0.05) is 30.3 Å². The predicted molar refractivity (Wildman–Crippen MR) is 116 cm³/mol. The third-order valence-electron chi connectivity index (χ3n) is 5.55. The van der Waals surface area contributed by atoms with Crippen LogP contribution < -0.4 is 9.62 Å². The van der Waals surface area contributed by atoms with Gasteiger partial charge in [-0.2, -0.15) is 0 Å². The molecule has 1 saturated heterocycles. The van der Waals surface area contributed by atoms with E-state index < -0.39 is 10.0 Å². The second-order valence-electron chi connectivity index (χ2n) is 7.65. The van der Waals surface area contributed by atoms with Crippen LogP contribution in [0.5, 0.6) is 0 Å². The van der Waals surface area contributed by atoms with E-state index in [1.165, 1.54) is 30.5 Å². The standard InChI is InChI=1S/C22H27N3O2S/c1-28(26,27)23-20-8-6-18(7-9-20)10-14-24-15-12-21(13-16-24)25-17-11-19-4-2-3-5-22(19)25/h2-10,14,21,23H,11-13,15-17H2,1H3. The zero-order valence-corrected chi connectivity index (χ0v) is 17.0. The summed E-state index contributed by atoms with van der Waals surface area (Å²) in [5, 5.41) is 0. The summed E-state index contributed by atoms with van der Waals surface area (Å²) in [6.45, 7) is 3.27. The molecule has 0 spiro atoms. The molecule has 4 rings (SSSR count). The van der Waals surface area contributed by atoms with Crippen molar-refractivity contribution in [3.63, 3.8) is 0 Å². The van der Waals surface area contributed by atoms with Gasteiger partial charge in [-0.3, -0.25) is 4.72 Å². The number of hydrogen-bond acceptors (Lipinski definition) is 4. The second-order valence-corrected chi connectivity index (χ2v) is 9.40. The van der Waals surface area contributed by atoms with Crippen LogP contribution in [-0.4, -0.2) is 45.2 Å². The highest BCUT2D eigenvalue weighted by molar-refractivity contribution is 7.92. The fourth-order valence-corrected chi connectivity index (χ4v) is 4.72. The van der Waals surface area contributed by atoms with Crippen LogP contribution in [0.3, 0.4) is 0 Å². The molecule has 2 aliphatic rings. The topological polar surface area (TPSA) is 52.7 Å². The molecule has 0 unspecified atom stereocenters. The van der Waals surface area contributed by atoms with Gasteiger partial charge in [-0.15, -0.1) is 0 Å². The lowest BCUT2D eigenvalue weighted by Crippen LogP contribution is -2.42. The van der Waals surface area contributed by atoms with Gasteiger partial charge in [-0.25, -0.2) is 8.42 Å². The van der Waals surface area contributed by atoms with E-state index in [4.69, 9.17) is 0 Å². The molecule has 28 heavy (non-hydrogen) atoms. The summed E-state index contributed by atoms with van der Waals surface area (Å²) in [6, 6.07) is 16.9. The van der Waals surface area contributed by atoms with Crippen LogP contribution in [0.1, 0.15) is 24.0 Å². The van der Waals surface area contributed by atoms with Crippen molar-refractivity contribution in [3.8, 4) is 0 Å². The molecule has 0 atom stereocenters. The van der Waals surface area contributed by atoms with Crippen LogP contribution in [0.2, 0.25) is 0 Å². The molecular weight excluding hydrogens is 370 g/mol. The average Bonchev–Trinajstić information content (AvgIpc) is 3.11. The molecule has 5 nitrogen and oxygen atoms in total. The first-order chi connectivity index (χ1) is 13.5. The van der Waals surface area contributed by atoms with Gasteiger partial charge in [0.2, 0.25) is 10.0 Å². The Morgan fingerprint density at radius 1 is 1.00 bits per heavy atom. The van der Waals surface area contributed by atoms with Crippen molar-refractivity contribution in [1.29, 1.82) is 0 Å². The minimum absolute atomic E-state index is 0.589. The number of piperidine rings is 1. The van der Waals surface area contributed by atoms with Gasteiger partial charge in [0.05, 0.1) is 6.26 Å². The van der Waals surface area contributed by atoms with Crippen molar-refractivity contribution >= 4 is 27.5 Å². The largest absolute Gasteiger partial charge is 0.377 e. The Hall–Kier alpha value is -2.47. The maximum absolute atomic E-state index is 11.3. The maximum atomic E-state index is 11.3. The highest BCUT2D eigenvalue weighted by Gasteiger charge is 2.28. The Labute approximate surface area is 167 Å². The molecule has 0 aromatic heterocycles. The smallest absolute Gasteiger partial charge is 0.229 e. The molecule has 0 bridgehead atoms. The first kappa shape index (κ1) is 18.9. The van der Waals surface area contributed by atoms with Gasteiger partial charge in [0.15, 0.2) is 0 Å². The van der Waals surface area contributed by atoms with Crippen LogP contribution in [0.25, 0.3) is 6.08 Å². The number of likely N-dealkylation sites (tertiary alicyclic amines) is 1. The van der Waals surface area contributed by atoms with E-state index in [2.05, 4.69) is 51.1 Å². The Bertz CT molecular complexity index is 946. The molecule has 0 amide bonds. The van der Waals surface area contributed by atoms with Gasteiger partial charge >= 0.3 is 0 Å². The quantitative estimate of drug-likeness (QED) is 0.838. The zero-order valence-electron chi connectivity index (χ0n) is 16.2. The molecular formula is C22H27N3O2S. The number of fused-ring (bicyclic) bond motifs is 1. The molecule has 2 aromatic rings. The third kappa shape index (κ3) is 4.50. The lowest BCUT2D eigenvalue weighted by atomic mass is 10.0. The molecule has 0 radical (unpaired) electrons. The van der Waals surface area contributed by atoms with Crippen molar-refractivity contribution in [2.75, 3.05) is 35.5 Å². The molecule has 6 heteroatoms. The summed E-state index contributed by atoms with van der Waals surface area (Å²) in [7, 11) is -3.23. The van der Waals surface area contributed by atoms with Crippen molar-refractivity contribution in [3.05, 3.63) is 65.9 Å². The van der Waals surface area contributed by atoms with Crippen molar-refractivity contribution in [2.24, 2.45) is 0 Å². The minimum atomic E-state index is -3.23. The lowest BCUT2D eigenvalue weighted by molar-refractivity contribution is 0.280. The highest BCUT2D eigenvalue weighted by atomic mass is 32.2. The van der Waals surface area contributed by atoms with Gasteiger partial charge < -0.3 is 9.80 Å². The van der Waals surface area contributed by atoms with E-state index in [0.717, 1.165) is 31.5 Å². The van der Waals surface area contributed by atoms with Crippen LogP contribution in [0.15, 0.2) is 54.7 Å². The number of hydrogen-bond donors (Lipinski definition) is 1. The van der Waals surface area contributed by atoms with Gasteiger partial charge in [-0.05, 0) is 60.9 Å².